The van der Waals surface area contributed by atoms with Gasteiger partial charge in [0.2, 0.25) is 0 Å². The first-order chi connectivity index (χ1) is 20.6. The van der Waals surface area contributed by atoms with E-state index in [1.165, 1.54) is 6.20 Å². The Hall–Kier alpha value is -4.81. The van der Waals surface area contributed by atoms with Gasteiger partial charge in [0.25, 0.3) is 23.6 Å². The third-order valence-electron chi connectivity index (χ3n) is 7.01. The molecule has 14 heteroatoms. The minimum Gasteiger partial charge on any atom is -0.348 e. The summed E-state index contributed by atoms with van der Waals surface area (Å²) in [4.78, 5) is 59.3. The van der Waals surface area contributed by atoms with Crippen molar-refractivity contribution in [2.45, 2.75) is 38.3 Å². The Bertz CT molecular complexity index is 1750. The van der Waals surface area contributed by atoms with E-state index in [-0.39, 0.29) is 17.6 Å². The number of halogens is 2. The lowest BCUT2D eigenvalue weighted by Crippen LogP contribution is -2.47. The van der Waals surface area contributed by atoms with Crippen LogP contribution < -0.4 is 10.6 Å². The first kappa shape index (κ1) is 29.7. The highest BCUT2D eigenvalue weighted by atomic mass is 35.5. The van der Waals surface area contributed by atoms with E-state index in [0.29, 0.717) is 38.4 Å². The molecule has 218 valence electrons. The summed E-state index contributed by atoms with van der Waals surface area (Å²) >= 11 is 12.1. The summed E-state index contributed by atoms with van der Waals surface area (Å²) in [6.45, 7) is 3.22. The molecule has 2 aliphatic rings. The number of aromatic amines is 1. The predicted molar refractivity (Wildman–Crippen MR) is 157 cm³/mol. The number of azo groups is 2. The van der Waals surface area contributed by atoms with Gasteiger partial charge in [0.1, 0.15) is 5.82 Å². The molecule has 0 aliphatic carbocycles. The summed E-state index contributed by atoms with van der Waals surface area (Å²) in [5.41, 5.74) is 1.96. The van der Waals surface area contributed by atoms with Gasteiger partial charge in [0, 0.05) is 33.6 Å². The van der Waals surface area contributed by atoms with E-state index in [9.17, 15) is 19.2 Å². The number of aromatic nitrogens is 2. The van der Waals surface area contributed by atoms with E-state index in [1.54, 1.807) is 68.6 Å². The number of imidazole rings is 1. The van der Waals surface area contributed by atoms with Gasteiger partial charge in [-0.25, -0.2) is 4.98 Å². The van der Waals surface area contributed by atoms with Gasteiger partial charge in [0.05, 0.1) is 17.3 Å². The molecule has 2 aromatic carbocycles. The molecule has 2 aliphatic heterocycles. The topological polar surface area (TPSA) is 170 Å². The number of hydrogen-bond donors (Lipinski definition) is 3. The van der Waals surface area contributed by atoms with Crippen LogP contribution in [0.2, 0.25) is 10.0 Å². The summed E-state index contributed by atoms with van der Waals surface area (Å²) in [6, 6.07) is 11.0. The molecule has 0 saturated carbocycles. The number of nitrogens with zero attached hydrogens (tertiary/aromatic N) is 5. The van der Waals surface area contributed by atoms with Crippen LogP contribution in [0.4, 0.5) is 11.4 Å². The molecule has 3 N–H and O–H groups in total. The molecule has 3 unspecified atom stereocenters. The molecular formula is C29H24Cl2N8O4. The smallest absolute Gasteiger partial charge is 0.257 e. The number of benzene rings is 2. The zero-order valence-electron chi connectivity index (χ0n) is 22.8. The summed E-state index contributed by atoms with van der Waals surface area (Å²) < 4.78 is 0. The van der Waals surface area contributed by atoms with Crippen LogP contribution in [-0.2, 0) is 19.2 Å². The lowest BCUT2D eigenvalue weighted by atomic mass is 9.81. The van der Waals surface area contributed by atoms with Gasteiger partial charge >= 0.3 is 0 Å². The second kappa shape index (κ2) is 12.6. The molecule has 0 fully saturated rings. The summed E-state index contributed by atoms with van der Waals surface area (Å²) in [7, 11) is 0. The second-order valence-corrected chi connectivity index (χ2v) is 10.7. The molecule has 12 nitrogen and oxygen atoms in total. The maximum absolute atomic E-state index is 13.3. The van der Waals surface area contributed by atoms with E-state index >= 15 is 0 Å². The van der Waals surface area contributed by atoms with E-state index < -0.39 is 41.6 Å². The van der Waals surface area contributed by atoms with Gasteiger partial charge in [-0.05, 0) is 67.8 Å². The van der Waals surface area contributed by atoms with Gasteiger partial charge in [-0.3, -0.25) is 29.8 Å². The van der Waals surface area contributed by atoms with Crippen molar-refractivity contribution >= 4 is 58.2 Å². The van der Waals surface area contributed by atoms with Crippen molar-refractivity contribution < 1.29 is 19.2 Å². The van der Waals surface area contributed by atoms with Crippen molar-refractivity contribution in [3.05, 3.63) is 99.1 Å². The minimum absolute atomic E-state index is 0.0475. The molecule has 4 amide bonds. The van der Waals surface area contributed by atoms with Crippen molar-refractivity contribution in [1.29, 1.82) is 0 Å². The number of nitrogens with one attached hydrogen (secondary N) is 3. The van der Waals surface area contributed by atoms with Crippen molar-refractivity contribution in [2.24, 2.45) is 20.5 Å². The molecular weight excluding hydrogens is 595 g/mol. The highest BCUT2D eigenvalue weighted by Gasteiger charge is 2.40. The molecule has 43 heavy (non-hydrogen) atoms. The number of H-pyrrole nitrogens is 1. The average molecular weight is 619 g/mol. The number of hydrogen-bond acceptors (Lipinski definition) is 9. The van der Waals surface area contributed by atoms with E-state index in [2.05, 4.69) is 41.1 Å². The largest absolute Gasteiger partial charge is 0.348 e. The molecule has 5 rings (SSSR count). The zero-order valence-corrected chi connectivity index (χ0v) is 24.3. The lowest BCUT2D eigenvalue weighted by molar-refractivity contribution is -0.132. The lowest BCUT2D eigenvalue weighted by Gasteiger charge is -2.29. The molecule has 3 heterocycles. The number of carbonyl (C=O) groups excluding carboxylic acids is 4. The van der Waals surface area contributed by atoms with Crippen molar-refractivity contribution in [2.75, 3.05) is 0 Å². The average Bonchev–Trinajstić information content (AvgIpc) is 3.49. The van der Waals surface area contributed by atoms with Gasteiger partial charge in [-0.1, -0.05) is 35.3 Å². The van der Waals surface area contributed by atoms with Crippen LogP contribution in [0.5, 0.6) is 0 Å². The Labute approximate surface area is 255 Å². The van der Waals surface area contributed by atoms with Gasteiger partial charge in [-0.15, -0.1) is 0 Å². The number of amides is 4. The first-order valence-corrected chi connectivity index (χ1v) is 13.8. The summed E-state index contributed by atoms with van der Waals surface area (Å²) in [5, 5.41) is 22.3. The third-order valence-corrected chi connectivity index (χ3v) is 7.48. The minimum atomic E-state index is -1.12. The van der Waals surface area contributed by atoms with Crippen LogP contribution in [0.25, 0.3) is 0 Å². The Balaban J connectivity index is 1.53. The predicted octanol–water partition coefficient (Wildman–Crippen LogP) is 5.44. The third kappa shape index (κ3) is 6.50. The van der Waals surface area contributed by atoms with Gasteiger partial charge in [0.15, 0.2) is 12.1 Å². The van der Waals surface area contributed by atoms with E-state index in [0.717, 1.165) is 0 Å². The molecule has 3 aromatic rings. The highest BCUT2D eigenvalue weighted by Crippen LogP contribution is 2.37. The van der Waals surface area contributed by atoms with Crippen LogP contribution in [0.1, 0.15) is 32.0 Å². The zero-order chi connectivity index (χ0) is 30.7. The van der Waals surface area contributed by atoms with Crippen molar-refractivity contribution in [3.63, 3.8) is 0 Å². The fraction of sp³-hybridized carbons (Fsp3) is 0.207. The standard InChI is InChI=1S/C29H24Cl2N8O4/c1-14-20(26(40)34-28(42)23(14)38-36-18-7-3-5-16(30)11-18)13-21(25-32-9-10-33-25)22-15(2)24(29(43)35-27(22)41)39-37-19-8-4-6-17(31)12-19/h3-12,21,23-24H,13H2,1-2H3,(H,32,33)(H,34,40,42)(H,35,41,43). The van der Waals surface area contributed by atoms with Crippen LogP contribution in [0.15, 0.2) is 104 Å². The Morgan fingerprint density at radius 2 is 1.37 bits per heavy atom. The number of carbonyl (C=O) groups is 4. The molecule has 0 radical (unpaired) electrons. The van der Waals surface area contributed by atoms with Crippen LogP contribution in [0.3, 0.4) is 0 Å². The van der Waals surface area contributed by atoms with E-state index in [1.807, 2.05) is 0 Å². The Kier molecular flexibility index (Phi) is 8.69. The van der Waals surface area contributed by atoms with Crippen molar-refractivity contribution in [1.82, 2.24) is 20.6 Å². The SMILES string of the molecule is CC1=C(CC(C2=C(C)C(N=Nc3cccc(Cl)c3)C(=O)NC2=O)c2ncc[nH]2)C(=O)NC(=O)C1N=Nc1cccc(Cl)c1. The van der Waals surface area contributed by atoms with Crippen LogP contribution >= 0.6 is 23.2 Å². The highest BCUT2D eigenvalue weighted by molar-refractivity contribution is 6.31. The molecule has 0 bridgehead atoms. The fourth-order valence-electron chi connectivity index (χ4n) is 4.86. The molecule has 3 atom stereocenters. The van der Waals surface area contributed by atoms with E-state index in [4.69, 9.17) is 23.2 Å². The maximum Gasteiger partial charge on any atom is 0.257 e. The molecule has 0 spiro atoms. The normalized spacial score (nSPS) is 20.3. The Morgan fingerprint density at radius 1 is 0.814 bits per heavy atom. The summed E-state index contributed by atoms with van der Waals surface area (Å²) in [6.07, 6.45) is 3.04. The second-order valence-electron chi connectivity index (χ2n) is 9.82. The molecule has 0 saturated heterocycles. The quantitative estimate of drug-likeness (QED) is 0.225. The van der Waals surface area contributed by atoms with Gasteiger partial charge in [-0.2, -0.15) is 20.5 Å². The molecule has 1 aromatic heterocycles. The summed E-state index contributed by atoms with van der Waals surface area (Å²) in [5.74, 6) is -3.01. The fourth-order valence-corrected chi connectivity index (χ4v) is 5.23. The Morgan fingerprint density at radius 3 is 1.91 bits per heavy atom. The van der Waals surface area contributed by atoms with Gasteiger partial charge < -0.3 is 4.98 Å². The van der Waals surface area contributed by atoms with Crippen LogP contribution in [0, 0.1) is 0 Å². The number of rotatable bonds is 8. The maximum atomic E-state index is 13.3. The monoisotopic (exact) mass is 618 g/mol. The van der Waals surface area contributed by atoms with Crippen LogP contribution in [-0.4, -0.2) is 45.7 Å². The number of imide groups is 2. The first-order valence-electron chi connectivity index (χ1n) is 13.0. The van der Waals surface area contributed by atoms with Crippen molar-refractivity contribution in [3.8, 4) is 0 Å².